The quantitative estimate of drug-likeness (QED) is 0.476. The Morgan fingerprint density at radius 2 is 1.73 bits per heavy atom. The van der Waals surface area contributed by atoms with Gasteiger partial charge in [-0.3, -0.25) is 9.59 Å². The van der Waals surface area contributed by atoms with Crippen molar-refractivity contribution in [2.75, 3.05) is 17.2 Å². The summed E-state index contributed by atoms with van der Waals surface area (Å²) in [5, 5.41) is 2.98. The molecule has 0 spiro atoms. The van der Waals surface area contributed by atoms with Crippen LogP contribution in [-0.2, 0) is 17.8 Å². The minimum absolute atomic E-state index is 0.0591. The molecule has 33 heavy (non-hydrogen) atoms. The molecule has 0 bridgehead atoms. The lowest BCUT2D eigenvalue weighted by Gasteiger charge is -2.17. The average Bonchev–Trinajstić information content (AvgIpc) is 3.26. The molecule has 0 saturated heterocycles. The fourth-order valence-electron chi connectivity index (χ4n) is 3.83. The third-order valence-electron chi connectivity index (χ3n) is 5.42. The number of hydrogen-bond acceptors (Lipinski definition) is 4. The zero-order valence-corrected chi connectivity index (χ0v) is 19.7. The normalized spacial score (nSPS) is 12.5. The van der Waals surface area contributed by atoms with Gasteiger partial charge in [0.1, 0.15) is 5.75 Å². The second kappa shape index (κ2) is 10.6. The number of hydrogen-bond donors (Lipinski definition) is 1. The van der Waals surface area contributed by atoms with E-state index in [-0.39, 0.29) is 23.7 Å². The number of ether oxygens (including phenoxy) is 1. The van der Waals surface area contributed by atoms with Gasteiger partial charge in [0, 0.05) is 23.7 Å². The van der Waals surface area contributed by atoms with Crippen LogP contribution in [0.3, 0.4) is 0 Å². The van der Waals surface area contributed by atoms with E-state index in [0.29, 0.717) is 18.7 Å². The van der Waals surface area contributed by atoms with Gasteiger partial charge in [-0.15, -0.1) is 11.8 Å². The van der Waals surface area contributed by atoms with Crippen LogP contribution in [0, 0.1) is 0 Å². The van der Waals surface area contributed by atoms with Crippen LogP contribution in [0.2, 0.25) is 0 Å². The van der Waals surface area contributed by atoms with Crippen molar-refractivity contribution in [2.45, 2.75) is 37.8 Å². The smallest absolute Gasteiger partial charge is 0.252 e. The van der Waals surface area contributed by atoms with E-state index in [1.165, 1.54) is 17.3 Å². The predicted molar refractivity (Wildman–Crippen MR) is 133 cm³/mol. The monoisotopic (exact) mass is 460 g/mol. The molecule has 4 rings (SSSR count). The molecule has 0 aliphatic carbocycles. The molecule has 0 atom stereocenters. The minimum atomic E-state index is -0.153. The molecule has 0 aromatic heterocycles. The summed E-state index contributed by atoms with van der Waals surface area (Å²) >= 11 is 1.41. The molecule has 3 aromatic carbocycles. The molecule has 0 saturated carbocycles. The van der Waals surface area contributed by atoms with Crippen LogP contribution >= 0.6 is 11.8 Å². The first-order valence-corrected chi connectivity index (χ1v) is 12.1. The number of para-hydroxylation sites is 1. The maximum absolute atomic E-state index is 12.9. The third kappa shape index (κ3) is 5.76. The molecule has 2 amide bonds. The van der Waals surface area contributed by atoms with Gasteiger partial charge in [0.15, 0.2) is 0 Å². The van der Waals surface area contributed by atoms with Crippen LogP contribution < -0.4 is 15.0 Å². The summed E-state index contributed by atoms with van der Waals surface area (Å²) in [5.74, 6) is 1.01. The highest BCUT2D eigenvalue weighted by Crippen LogP contribution is 2.29. The van der Waals surface area contributed by atoms with Gasteiger partial charge in [-0.1, -0.05) is 42.5 Å². The summed E-state index contributed by atoms with van der Waals surface area (Å²) in [7, 11) is 0. The van der Waals surface area contributed by atoms with Crippen LogP contribution in [0.5, 0.6) is 5.75 Å². The zero-order valence-electron chi connectivity index (χ0n) is 18.9. The molecule has 6 heteroatoms. The van der Waals surface area contributed by atoms with Crippen molar-refractivity contribution in [3.63, 3.8) is 0 Å². The van der Waals surface area contributed by atoms with Crippen molar-refractivity contribution < 1.29 is 14.3 Å². The zero-order chi connectivity index (χ0) is 23.2. The Hall–Kier alpha value is -3.25. The van der Waals surface area contributed by atoms with E-state index in [4.69, 9.17) is 4.74 Å². The van der Waals surface area contributed by atoms with Crippen LogP contribution in [0.4, 0.5) is 5.69 Å². The van der Waals surface area contributed by atoms with E-state index in [0.717, 1.165) is 28.3 Å². The van der Waals surface area contributed by atoms with E-state index >= 15 is 0 Å². The maximum Gasteiger partial charge on any atom is 0.252 e. The van der Waals surface area contributed by atoms with E-state index < -0.39 is 0 Å². The second-order valence-electron chi connectivity index (χ2n) is 8.20. The fraction of sp³-hybridized carbons (Fsp3) is 0.259. The first-order chi connectivity index (χ1) is 16.0. The number of nitrogens with zero attached hydrogens (tertiary/aromatic N) is 1. The highest BCUT2D eigenvalue weighted by molar-refractivity contribution is 8.00. The first kappa shape index (κ1) is 22.9. The molecule has 170 valence electrons. The Kier molecular flexibility index (Phi) is 7.35. The van der Waals surface area contributed by atoms with Crippen molar-refractivity contribution in [1.82, 2.24) is 5.32 Å². The van der Waals surface area contributed by atoms with Gasteiger partial charge >= 0.3 is 0 Å². The van der Waals surface area contributed by atoms with Crippen LogP contribution in [0.1, 0.15) is 35.3 Å². The van der Waals surface area contributed by atoms with Gasteiger partial charge in [0.25, 0.3) is 5.91 Å². The number of amides is 2. The topological polar surface area (TPSA) is 58.6 Å². The lowest BCUT2D eigenvalue weighted by molar-refractivity contribution is -0.116. The van der Waals surface area contributed by atoms with E-state index in [1.807, 2.05) is 79.4 Å². The molecule has 0 fully saturated rings. The molecule has 1 aliphatic heterocycles. The lowest BCUT2D eigenvalue weighted by atomic mass is 10.2. The molecule has 3 aromatic rings. The van der Waals surface area contributed by atoms with Crippen molar-refractivity contribution in [2.24, 2.45) is 0 Å². The summed E-state index contributed by atoms with van der Waals surface area (Å²) in [4.78, 5) is 28.4. The van der Waals surface area contributed by atoms with Gasteiger partial charge < -0.3 is 15.0 Å². The summed E-state index contributed by atoms with van der Waals surface area (Å²) in [6.07, 6.45) is 1.01. The fourth-order valence-corrected chi connectivity index (χ4v) is 4.76. The van der Waals surface area contributed by atoms with Crippen molar-refractivity contribution in [1.29, 1.82) is 0 Å². The Labute approximate surface area is 199 Å². The Morgan fingerprint density at radius 3 is 2.52 bits per heavy atom. The first-order valence-electron chi connectivity index (χ1n) is 11.1. The number of rotatable bonds is 8. The number of anilines is 1. The molecular formula is C27H28N2O3S. The SMILES string of the molecule is CC(C)Oc1ccc(CNC(=O)c2ccccc2SCC(=O)N2CCc3ccccc32)cc1. The van der Waals surface area contributed by atoms with Crippen LogP contribution in [-0.4, -0.2) is 30.2 Å². The molecule has 0 radical (unpaired) electrons. The van der Waals surface area contributed by atoms with Crippen molar-refractivity contribution in [3.8, 4) is 5.75 Å². The van der Waals surface area contributed by atoms with Gasteiger partial charge in [-0.05, 0) is 61.7 Å². The Morgan fingerprint density at radius 1 is 1.00 bits per heavy atom. The minimum Gasteiger partial charge on any atom is -0.491 e. The van der Waals surface area contributed by atoms with Crippen LogP contribution in [0.15, 0.2) is 77.7 Å². The highest BCUT2D eigenvalue weighted by Gasteiger charge is 2.24. The van der Waals surface area contributed by atoms with Gasteiger partial charge in [-0.25, -0.2) is 0 Å². The third-order valence-corrected chi connectivity index (χ3v) is 6.48. The van der Waals surface area contributed by atoms with Gasteiger partial charge in [0.2, 0.25) is 5.91 Å². The molecule has 1 aliphatic rings. The molecule has 1 heterocycles. The summed E-state index contributed by atoms with van der Waals surface area (Å²) in [6, 6.07) is 23.2. The predicted octanol–water partition coefficient (Wildman–Crippen LogP) is 5.09. The number of thioether (sulfide) groups is 1. The van der Waals surface area contributed by atoms with Crippen LogP contribution in [0.25, 0.3) is 0 Å². The van der Waals surface area contributed by atoms with Gasteiger partial charge in [-0.2, -0.15) is 0 Å². The summed E-state index contributed by atoms with van der Waals surface area (Å²) < 4.78 is 5.66. The summed E-state index contributed by atoms with van der Waals surface area (Å²) in [5.41, 5.74) is 3.78. The molecule has 0 unspecified atom stereocenters. The number of carbonyl (C=O) groups is 2. The summed E-state index contributed by atoms with van der Waals surface area (Å²) in [6.45, 7) is 5.10. The molecule has 1 N–H and O–H groups in total. The van der Waals surface area contributed by atoms with Gasteiger partial charge in [0.05, 0.1) is 17.4 Å². The van der Waals surface area contributed by atoms with Crippen molar-refractivity contribution >= 4 is 29.3 Å². The maximum atomic E-state index is 12.9. The standard InChI is InChI=1S/C27H28N2O3S/c1-19(2)32-22-13-11-20(12-14-22)17-28-27(31)23-8-4-6-10-25(23)33-18-26(30)29-16-15-21-7-3-5-9-24(21)29/h3-14,19H,15-18H2,1-2H3,(H,28,31). The number of carbonyl (C=O) groups excluding carboxylic acids is 2. The second-order valence-corrected chi connectivity index (χ2v) is 9.22. The largest absolute Gasteiger partial charge is 0.491 e. The number of fused-ring (bicyclic) bond motifs is 1. The van der Waals surface area contributed by atoms with E-state index in [1.54, 1.807) is 6.07 Å². The number of nitrogens with one attached hydrogen (secondary N) is 1. The Balaban J connectivity index is 1.35. The van der Waals surface area contributed by atoms with Crippen molar-refractivity contribution in [3.05, 3.63) is 89.5 Å². The van der Waals surface area contributed by atoms with E-state index in [9.17, 15) is 9.59 Å². The number of benzene rings is 3. The molecule has 5 nitrogen and oxygen atoms in total. The average molecular weight is 461 g/mol. The lowest BCUT2D eigenvalue weighted by Crippen LogP contribution is -2.30. The Bertz CT molecular complexity index is 1130. The molecular weight excluding hydrogens is 432 g/mol. The highest BCUT2D eigenvalue weighted by atomic mass is 32.2. The van der Waals surface area contributed by atoms with E-state index in [2.05, 4.69) is 11.4 Å².